The van der Waals surface area contributed by atoms with Gasteiger partial charge in [-0.25, -0.2) is 9.59 Å². The molecule has 0 saturated carbocycles. The quantitative estimate of drug-likeness (QED) is 0.384. The SMILES string of the molecule is CC#CC(O)C[C@@H]1[C@H](C=CC)C[C@H](C(=O)OC(C)(C)C)N1C(=O)OC(C)(C)C.CC(N)=O. The standard InChI is InChI=1S/C22H35NO5.C2H5NO/c1-9-11-15-13-18(19(25)27-21(3,4)5)23(20(26)28-22(6,7)8)17(15)14-16(24)12-10-2;1-2(3)4/h9,11,15-18,24H,13-14H2,1-8H3;1H3,(H2,3,4)/t15-,16?,17-,18-;/m1./s1. The van der Waals surface area contributed by atoms with Gasteiger partial charge in [0.1, 0.15) is 23.3 Å². The first-order valence-electron chi connectivity index (χ1n) is 10.8. The Bertz CT molecular complexity index is 732. The molecule has 0 radical (unpaired) electrons. The number of carbonyl (C=O) groups is 3. The number of aliphatic hydroxyl groups excluding tert-OH is 1. The third-order valence-corrected chi connectivity index (χ3v) is 4.18. The Kier molecular flexibility index (Phi) is 11.5. The lowest BCUT2D eigenvalue weighted by Gasteiger charge is -2.34. The smallest absolute Gasteiger partial charge is 0.411 e. The number of nitrogens with two attached hydrogens (primary N) is 1. The zero-order valence-corrected chi connectivity index (χ0v) is 20.9. The predicted molar refractivity (Wildman–Crippen MR) is 123 cm³/mol. The first-order valence-corrected chi connectivity index (χ1v) is 10.8. The van der Waals surface area contributed by atoms with Gasteiger partial charge in [0.05, 0.1) is 0 Å². The Labute approximate surface area is 192 Å². The predicted octanol–water partition coefficient (Wildman–Crippen LogP) is 3.16. The molecule has 1 heterocycles. The lowest BCUT2D eigenvalue weighted by Crippen LogP contribution is -2.50. The second-order valence-corrected chi connectivity index (χ2v) is 9.69. The molecule has 182 valence electrons. The van der Waals surface area contributed by atoms with Gasteiger partial charge >= 0.3 is 12.1 Å². The molecule has 4 atom stereocenters. The fourth-order valence-electron chi connectivity index (χ4n) is 3.32. The average molecular weight is 453 g/mol. The number of esters is 1. The van der Waals surface area contributed by atoms with Crippen LogP contribution in [0.5, 0.6) is 0 Å². The normalized spacial score (nSPS) is 21.7. The van der Waals surface area contributed by atoms with Crippen LogP contribution in [0.4, 0.5) is 4.79 Å². The van der Waals surface area contributed by atoms with Crippen LogP contribution in [0.15, 0.2) is 12.2 Å². The Balaban J connectivity index is 0.00000220. The van der Waals surface area contributed by atoms with Crippen molar-refractivity contribution in [2.75, 3.05) is 0 Å². The number of amides is 2. The van der Waals surface area contributed by atoms with Gasteiger partial charge in [-0.15, -0.1) is 5.92 Å². The van der Waals surface area contributed by atoms with Crippen molar-refractivity contribution in [1.82, 2.24) is 4.90 Å². The highest BCUT2D eigenvalue weighted by Crippen LogP contribution is 2.36. The van der Waals surface area contributed by atoms with Crippen LogP contribution in [-0.2, 0) is 19.1 Å². The molecular formula is C24H40N2O6. The number of ether oxygens (including phenoxy) is 2. The monoisotopic (exact) mass is 452 g/mol. The van der Waals surface area contributed by atoms with Crippen molar-refractivity contribution in [3.05, 3.63) is 12.2 Å². The summed E-state index contributed by atoms with van der Waals surface area (Å²) in [6, 6.07) is -1.19. The van der Waals surface area contributed by atoms with E-state index in [-0.39, 0.29) is 18.2 Å². The van der Waals surface area contributed by atoms with Crippen LogP contribution < -0.4 is 5.73 Å². The van der Waals surface area contributed by atoms with Crippen molar-refractivity contribution in [3.63, 3.8) is 0 Å². The van der Waals surface area contributed by atoms with Crippen LogP contribution in [-0.4, -0.2) is 57.4 Å². The molecule has 32 heavy (non-hydrogen) atoms. The van der Waals surface area contributed by atoms with E-state index in [1.807, 2.05) is 19.1 Å². The van der Waals surface area contributed by atoms with Gasteiger partial charge in [0, 0.05) is 25.3 Å². The highest BCUT2D eigenvalue weighted by atomic mass is 16.6. The molecule has 3 N–H and O–H groups in total. The number of hydrogen-bond donors (Lipinski definition) is 2. The zero-order valence-electron chi connectivity index (χ0n) is 20.9. The van der Waals surface area contributed by atoms with E-state index in [1.54, 1.807) is 48.5 Å². The molecular weight excluding hydrogens is 412 g/mol. The summed E-state index contributed by atoms with van der Waals surface area (Å²) in [7, 11) is 0. The van der Waals surface area contributed by atoms with Gasteiger partial charge < -0.3 is 20.3 Å². The van der Waals surface area contributed by atoms with Gasteiger partial charge in [-0.05, 0) is 61.8 Å². The first-order chi connectivity index (χ1) is 14.5. The fourth-order valence-corrected chi connectivity index (χ4v) is 3.32. The minimum Gasteiger partial charge on any atom is -0.458 e. The van der Waals surface area contributed by atoms with Crippen molar-refractivity contribution in [2.24, 2.45) is 11.7 Å². The molecule has 0 spiro atoms. The van der Waals surface area contributed by atoms with Crippen molar-refractivity contribution in [3.8, 4) is 11.8 Å². The zero-order chi connectivity index (χ0) is 25.3. The molecule has 1 fully saturated rings. The summed E-state index contributed by atoms with van der Waals surface area (Å²) in [5, 5.41) is 10.2. The second kappa shape index (κ2) is 12.5. The van der Waals surface area contributed by atoms with Gasteiger partial charge in [-0.1, -0.05) is 18.1 Å². The van der Waals surface area contributed by atoms with Crippen LogP contribution in [0, 0.1) is 17.8 Å². The van der Waals surface area contributed by atoms with Crippen molar-refractivity contribution in [1.29, 1.82) is 0 Å². The Morgan fingerprint density at radius 3 is 2.06 bits per heavy atom. The molecule has 1 aliphatic rings. The number of aliphatic hydroxyl groups is 1. The van der Waals surface area contributed by atoms with Gasteiger partial charge in [0.25, 0.3) is 0 Å². The van der Waals surface area contributed by atoms with E-state index in [0.29, 0.717) is 6.42 Å². The maximum Gasteiger partial charge on any atom is 0.411 e. The number of primary amides is 1. The molecule has 8 heteroatoms. The highest BCUT2D eigenvalue weighted by molar-refractivity contribution is 5.83. The minimum absolute atomic E-state index is 0.108. The van der Waals surface area contributed by atoms with E-state index in [0.717, 1.165) is 0 Å². The van der Waals surface area contributed by atoms with E-state index < -0.39 is 41.5 Å². The summed E-state index contributed by atoms with van der Waals surface area (Å²) < 4.78 is 11.1. The Morgan fingerprint density at radius 2 is 1.66 bits per heavy atom. The number of rotatable bonds is 4. The summed E-state index contributed by atoms with van der Waals surface area (Å²) in [4.78, 5) is 36.5. The molecule has 1 aliphatic heterocycles. The molecule has 8 nitrogen and oxygen atoms in total. The molecule has 1 unspecified atom stereocenters. The van der Waals surface area contributed by atoms with E-state index >= 15 is 0 Å². The minimum atomic E-state index is -0.898. The number of carbonyl (C=O) groups excluding carboxylic acids is 3. The molecule has 0 aromatic heterocycles. The largest absolute Gasteiger partial charge is 0.458 e. The molecule has 0 aromatic carbocycles. The van der Waals surface area contributed by atoms with E-state index in [4.69, 9.17) is 9.47 Å². The third kappa shape index (κ3) is 11.2. The Hall–Kier alpha value is -2.53. The van der Waals surface area contributed by atoms with E-state index in [2.05, 4.69) is 17.6 Å². The number of allylic oxidation sites excluding steroid dienone is 1. The summed E-state index contributed by atoms with van der Waals surface area (Å²) in [5.41, 5.74) is 3.10. The highest BCUT2D eigenvalue weighted by Gasteiger charge is 2.49. The summed E-state index contributed by atoms with van der Waals surface area (Å²) >= 11 is 0. The second-order valence-electron chi connectivity index (χ2n) is 9.69. The molecule has 0 bridgehead atoms. The van der Waals surface area contributed by atoms with Gasteiger partial charge in [-0.3, -0.25) is 9.69 Å². The van der Waals surface area contributed by atoms with Gasteiger partial charge in [-0.2, -0.15) is 0 Å². The van der Waals surface area contributed by atoms with E-state index in [9.17, 15) is 19.5 Å². The molecule has 0 aromatic rings. The van der Waals surface area contributed by atoms with Crippen molar-refractivity contribution in [2.45, 2.75) is 105 Å². The van der Waals surface area contributed by atoms with Crippen LogP contribution in [0.3, 0.4) is 0 Å². The maximum absolute atomic E-state index is 13.0. The summed E-state index contributed by atoms with van der Waals surface area (Å²) in [6.45, 7) is 15.5. The van der Waals surface area contributed by atoms with Crippen LogP contribution >= 0.6 is 0 Å². The molecule has 2 amide bonds. The van der Waals surface area contributed by atoms with Crippen molar-refractivity contribution >= 4 is 18.0 Å². The van der Waals surface area contributed by atoms with Crippen LogP contribution in [0.25, 0.3) is 0 Å². The Morgan fingerprint density at radius 1 is 1.16 bits per heavy atom. The number of likely N-dealkylation sites (tertiary alicyclic amines) is 1. The van der Waals surface area contributed by atoms with Crippen molar-refractivity contribution < 1.29 is 29.0 Å². The number of nitrogens with zero attached hydrogens (tertiary/aromatic N) is 1. The summed E-state index contributed by atoms with van der Waals surface area (Å²) in [6.07, 6.45) is 3.00. The topological polar surface area (TPSA) is 119 Å². The average Bonchev–Trinajstić information content (AvgIpc) is 2.90. The third-order valence-electron chi connectivity index (χ3n) is 4.18. The summed E-state index contributed by atoms with van der Waals surface area (Å²) in [5.74, 6) is 4.50. The first kappa shape index (κ1) is 29.5. The lowest BCUT2D eigenvalue weighted by atomic mass is 9.94. The lowest BCUT2D eigenvalue weighted by molar-refractivity contribution is -0.160. The van der Waals surface area contributed by atoms with Crippen LogP contribution in [0.2, 0.25) is 0 Å². The van der Waals surface area contributed by atoms with Gasteiger partial charge in [0.15, 0.2) is 0 Å². The van der Waals surface area contributed by atoms with E-state index in [1.165, 1.54) is 11.8 Å². The maximum atomic E-state index is 13.0. The van der Waals surface area contributed by atoms with Gasteiger partial charge in [0.2, 0.25) is 5.91 Å². The van der Waals surface area contributed by atoms with Crippen LogP contribution in [0.1, 0.15) is 75.2 Å². The molecule has 1 rings (SSSR count). The number of hydrogen-bond acceptors (Lipinski definition) is 6. The fraction of sp³-hybridized carbons (Fsp3) is 0.708. The molecule has 0 aliphatic carbocycles. The molecule has 1 saturated heterocycles.